The fourth-order valence-corrected chi connectivity index (χ4v) is 5.26. The molecule has 0 radical (unpaired) electrons. The van der Waals surface area contributed by atoms with Crippen LogP contribution in [0, 0.1) is 11.7 Å². The first-order valence-electron chi connectivity index (χ1n) is 13.4. The van der Waals surface area contributed by atoms with E-state index in [1.165, 1.54) is 13.2 Å². The van der Waals surface area contributed by atoms with Crippen LogP contribution >= 0.6 is 0 Å². The minimum atomic E-state index is -1.43. The lowest BCUT2D eigenvalue weighted by Crippen LogP contribution is -2.51. The number of nitrogens with one attached hydrogen (secondary N) is 3. The molecule has 3 amide bonds. The number of urea groups is 1. The summed E-state index contributed by atoms with van der Waals surface area (Å²) >= 11 is 0. The number of carbonyl (C=O) groups is 2. The van der Waals surface area contributed by atoms with Gasteiger partial charge in [-0.15, -0.1) is 0 Å². The summed E-state index contributed by atoms with van der Waals surface area (Å²) in [4.78, 5) is 26.2. The fraction of sp³-hybridized carbons (Fsp3) is 0.517. The molecule has 8 nitrogen and oxygen atoms in total. The van der Waals surface area contributed by atoms with E-state index in [-0.39, 0.29) is 18.4 Å². The lowest BCUT2D eigenvalue weighted by atomic mass is 9.72. The molecule has 2 aromatic rings. The van der Waals surface area contributed by atoms with Crippen LogP contribution < -0.4 is 16.0 Å². The Bertz CT molecular complexity index is 1080. The molecule has 4 N–H and O–H groups in total. The van der Waals surface area contributed by atoms with E-state index >= 15 is 4.39 Å². The summed E-state index contributed by atoms with van der Waals surface area (Å²) in [5, 5.41) is 21.0. The highest BCUT2D eigenvalue weighted by Crippen LogP contribution is 2.44. The number of likely N-dealkylation sites (tertiary alicyclic amines) is 1. The average molecular weight is 529 g/mol. The van der Waals surface area contributed by atoms with Crippen LogP contribution in [0.5, 0.6) is 0 Å². The zero-order chi connectivity index (χ0) is 27.5. The Morgan fingerprint density at radius 1 is 1.16 bits per heavy atom. The van der Waals surface area contributed by atoms with Gasteiger partial charge in [-0.05, 0) is 61.9 Å². The van der Waals surface area contributed by atoms with Crippen molar-refractivity contribution in [3.8, 4) is 11.1 Å². The van der Waals surface area contributed by atoms with Crippen LogP contribution in [0.15, 0.2) is 42.5 Å². The van der Waals surface area contributed by atoms with Crippen LogP contribution in [-0.2, 0) is 16.8 Å². The number of ether oxygens (including phenoxy) is 1. The van der Waals surface area contributed by atoms with Crippen LogP contribution in [0.4, 0.5) is 14.0 Å². The Labute approximate surface area is 224 Å². The number of likely N-dealkylation sites (N-methyl/N-ethyl adjacent to an activating group) is 1. The summed E-state index contributed by atoms with van der Waals surface area (Å²) in [6.07, 6.45) is 2.40. The van der Waals surface area contributed by atoms with Crippen molar-refractivity contribution >= 4 is 12.1 Å². The zero-order valence-corrected chi connectivity index (χ0v) is 22.7. The zero-order valence-electron chi connectivity index (χ0n) is 22.7. The van der Waals surface area contributed by atoms with E-state index in [9.17, 15) is 14.7 Å². The predicted octanol–water partition coefficient (Wildman–Crippen LogP) is 4.02. The minimum Gasteiger partial charge on any atom is -0.453 e. The molecule has 208 valence electrons. The van der Waals surface area contributed by atoms with Crippen molar-refractivity contribution in [3.63, 3.8) is 0 Å². The number of halogens is 1. The molecule has 1 fully saturated rings. The van der Waals surface area contributed by atoms with Crippen LogP contribution in [0.2, 0.25) is 0 Å². The van der Waals surface area contributed by atoms with Gasteiger partial charge in [-0.3, -0.25) is 0 Å². The molecule has 9 heteroatoms. The number of rotatable bonds is 11. The summed E-state index contributed by atoms with van der Waals surface area (Å²) in [7, 11) is 3.12. The normalized spacial score (nSPS) is 17.0. The highest BCUT2D eigenvalue weighted by atomic mass is 19.1. The van der Waals surface area contributed by atoms with E-state index in [1.54, 1.807) is 17.0 Å². The van der Waals surface area contributed by atoms with Gasteiger partial charge in [0.15, 0.2) is 0 Å². The smallest absolute Gasteiger partial charge is 0.406 e. The summed E-state index contributed by atoms with van der Waals surface area (Å²) in [6, 6.07) is 12.4. The monoisotopic (exact) mass is 528 g/mol. The van der Waals surface area contributed by atoms with Gasteiger partial charge in [0.2, 0.25) is 0 Å². The van der Waals surface area contributed by atoms with Gasteiger partial charge in [-0.25, -0.2) is 14.0 Å². The third-order valence-corrected chi connectivity index (χ3v) is 7.33. The van der Waals surface area contributed by atoms with E-state index < -0.39 is 17.5 Å². The number of benzene rings is 2. The number of hydrogen-bond acceptors (Lipinski definition) is 5. The highest BCUT2D eigenvalue weighted by molar-refractivity contribution is 5.74. The second kappa shape index (κ2) is 14.1. The fourth-order valence-electron chi connectivity index (χ4n) is 5.26. The number of amides is 3. The molecule has 0 spiro atoms. The van der Waals surface area contributed by atoms with Gasteiger partial charge in [0, 0.05) is 44.2 Å². The van der Waals surface area contributed by atoms with Crippen molar-refractivity contribution < 1.29 is 23.8 Å². The maximum absolute atomic E-state index is 15.5. The van der Waals surface area contributed by atoms with Crippen LogP contribution in [0.3, 0.4) is 0 Å². The van der Waals surface area contributed by atoms with E-state index in [2.05, 4.69) is 20.7 Å². The number of carbonyl (C=O) groups excluding carboxylic acids is 2. The molecule has 1 heterocycles. The summed E-state index contributed by atoms with van der Waals surface area (Å²) < 4.78 is 20.2. The Kier molecular flexibility index (Phi) is 10.9. The number of nitrogens with zero attached hydrogens (tertiary/aromatic N) is 1. The minimum absolute atomic E-state index is 0.172. The van der Waals surface area contributed by atoms with E-state index in [4.69, 9.17) is 0 Å². The molecule has 3 rings (SSSR count). The van der Waals surface area contributed by atoms with Crippen LogP contribution in [0.25, 0.3) is 11.1 Å². The van der Waals surface area contributed by atoms with Crippen LogP contribution in [0.1, 0.15) is 43.7 Å². The molecule has 0 unspecified atom stereocenters. The molecule has 0 bridgehead atoms. The van der Waals surface area contributed by atoms with Crippen molar-refractivity contribution in [2.75, 3.05) is 46.9 Å². The number of aryl methyl sites for hydroxylation is 1. The predicted molar refractivity (Wildman–Crippen MR) is 146 cm³/mol. The molecule has 0 aromatic heterocycles. The number of aliphatic hydroxyl groups is 1. The first-order valence-corrected chi connectivity index (χ1v) is 13.4. The van der Waals surface area contributed by atoms with Gasteiger partial charge in [-0.1, -0.05) is 43.3 Å². The third-order valence-electron chi connectivity index (χ3n) is 7.33. The second-order valence-electron chi connectivity index (χ2n) is 9.78. The van der Waals surface area contributed by atoms with Gasteiger partial charge >= 0.3 is 12.1 Å². The number of alkyl carbamates (subject to hydrolysis) is 1. The van der Waals surface area contributed by atoms with Crippen molar-refractivity contribution in [3.05, 3.63) is 59.4 Å². The maximum atomic E-state index is 15.5. The molecule has 2 atom stereocenters. The topological polar surface area (TPSA) is 103 Å². The van der Waals surface area contributed by atoms with E-state index in [1.807, 2.05) is 38.2 Å². The van der Waals surface area contributed by atoms with E-state index in [0.29, 0.717) is 62.3 Å². The summed E-state index contributed by atoms with van der Waals surface area (Å²) in [5.74, 6) is -0.723. The van der Waals surface area contributed by atoms with Gasteiger partial charge < -0.3 is 30.7 Å². The molecule has 38 heavy (non-hydrogen) atoms. The first-order chi connectivity index (χ1) is 18.3. The molecular formula is C29H41FN4O4. The van der Waals surface area contributed by atoms with Crippen molar-refractivity contribution in [2.24, 2.45) is 5.92 Å². The SMILES string of the molecule is CCc1cccc(-c2c(F)cccc2[C@](O)(CCCNC(=O)OC)[C@@H]2CCCN(C(=O)NCCNC)C2)c1. The van der Waals surface area contributed by atoms with Gasteiger partial charge in [0.25, 0.3) is 0 Å². The summed E-state index contributed by atoms with van der Waals surface area (Å²) in [6.45, 7) is 4.44. The lowest BCUT2D eigenvalue weighted by Gasteiger charge is -2.43. The maximum Gasteiger partial charge on any atom is 0.406 e. The Morgan fingerprint density at radius 3 is 2.68 bits per heavy atom. The van der Waals surface area contributed by atoms with Gasteiger partial charge in [-0.2, -0.15) is 0 Å². The van der Waals surface area contributed by atoms with E-state index in [0.717, 1.165) is 18.4 Å². The Hall–Kier alpha value is -3.17. The third kappa shape index (κ3) is 7.23. The first kappa shape index (κ1) is 29.4. The molecule has 0 aliphatic carbocycles. The van der Waals surface area contributed by atoms with Gasteiger partial charge in [0.05, 0.1) is 12.7 Å². The van der Waals surface area contributed by atoms with Crippen molar-refractivity contribution in [2.45, 2.75) is 44.6 Å². The molecule has 1 aliphatic heterocycles. The average Bonchev–Trinajstić information content (AvgIpc) is 2.95. The largest absolute Gasteiger partial charge is 0.453 e. The van der Waals surface area contributed by atoms with Gasteiger partial charge in [0.1, 0.15) is 5.82 Å². The number of methoxy groups -OCH3 is 1. The highest BCUT2D eigenvalue weighted by Gasteiger charge is 2.43. The number of piperidine rings is 1. The molecule has 0 saturated carbocycles. The quantitative estimate of drug-likeness (QED) is 0.330. The molecule has 1 saturated heterocycles. The summed E-state index contributed by atoms with van der Waals surface area (Å²) in [5.41, 5.74) is 1.24. The standard InChI is InChI=1S/C29H41FN4O4/c1-4-21-9-5-10-22(19-21)26-24(12-6-13-25(26)30)29(37,14-8-15-33-28(36)38-3)23-11-7-18-34(20-23)27(35)32-17-16-31-2/h5-6,9-10,12-13,19,23,31,37H,4,7-8,11,14-18,20H2,1-3H3,(H,32,35)(H,33,36)/t23-,29+/m1/s1. The van der Waals surface area contributed by atoms with Crippen molar-refractivity contribution in [1.29, 1.82) is 0 Å². The van der Waals surface area contributed by atoms with Crippen LogP contribution in [-0.4, -0.2) is 69.0 Å². The molecule has 1 aliphatic rings. The van der Waals surface area contributed by atoms with Crippen molar-refractivity contribution in [1.82, 2.24) is 20.9 Å². The lowest BCUT2D eigenvalue weighted by molar-refractivity contribution is -0.0548. The number of hydrogen-bond donors (Lipinski definition) is 4. The Morgan fingerprint density at radius 2 is 1.95 bits per heavy atom. The molecule has 2 aromatic carbocycles. The Balaban J connectivity index is 1.98. The molecular weight excluding hydrogens is 487 g/mol. The second-order valence-corrected chi connectivity index (χ2v) is 9.78.